The number of rotatable bonds is 7. The molecule has 3 heterocycles. The second-order valence-corrected chi connectivity index (χ2v) is 6.26. The molecule has 1 aliphatic rings. The summed E-state index contributed by atoms with van der Waals surface area (Å²) in [5.41, 5.74) is 0. The van der Waals surface area contributed by atoms with Crippen LogP contribution in [0.2, 0.25) is 0 Å². The number of nitrogens with zero attached hydrogens (tertiary/aromatic N) is 2. The number of hydrogen-bond acceptors (Lipinski definition) is 6. The Kier molecular flexibility index (Phi) is 5.00. The number of ether oxygens (including phenoxy) is 2. The molecule has 2 aromatic rings. The number of aryl methyl sites for hydroxylation is 1. The Morgan fingerprint density at radius 2 is 2.43 bits per heavy atom. The maximum absolute atomic E-state index is 5.65. The monoisotopic (exact) mass is 307 g/mol. The Balaban J connectivity index is 1.49. The molecule has 0 bridgehead atoms. The molecule has 0 aliphatic carbocycles. The van der Waals surface area contributed by atoms with E-state index in [4.69, 9.17) is 9.47 Å². The maximum Gasteiger partial charge on any atom is 0.138 e. The van der Waals surface area contributed by atoms with Crippen LogP contribution >= 0.6 is 11.3 Å². The van der Waals surface area contributed by atoms with Crippen molar-refractivity contribution < 1.29 is 9.47 Å². The summed E-state index contributed by atoms with van der Waals surface area (Å²) >= 11 is 1.73. The second kappa shape index (κ2) is 7.15. The van der Waals surface area contributed by atoms with Crippen LogP contribution in [-0.4, -0.2) is 42.4 Å². The lowest BCUT2D eigenvalue weighted by molar-refractivity contribution is 0.0206. The molecule has 0 amide bonds. The van der Waals surface area contributed by atoms with Gasteiger partial charge in [-0.25, -0.2) is 9.97 Å². The van der Waals surface area contributed by atoms with Gasteiger partial charge in [0.25, 0.3) is 0 Å². The molecule has 2 aromatic heterocycles. The number of fused-ring (bicyclic) bond motifs is 1. The molecule has 5 nitrogen and oxygen atoms in total. The fourth-order valence-corrected chi connectivity index (χ4v) is 3.39. The van der Waals surface area contributed by atoms with Crippen molar-refractivity contribution in [1.82, 2.24) is 9.97 Å². The van der Waals surface area contributed by atoms with Gasteiger partial charge >= 0.3 is 0 Å². The topological polar surface area (TPSA) is 56.3 Å². The lowest BCUT2D eigenvalue weighted by atomic mass is 10.2. The minimum Gasteiger partial charge on any atom is -0.377 e. The Morgan fingerprint density at radius 3 is 3.24 bits per heavy atom. The molecular formula is C15H21N3O2S. The number of thiophene rings is 1. The molecule has 1 saturated heterocycles. The summed E-state index contributed by atoms with van der Waals surface area (Å²) in [6, 6.07) is 2.18. The SMILES string of the molecule is CCc1cc2c(NCCOCC3CCCO3)ncnc2s1. The molecule has 6 heteroatoms. The highest BCUT2D eigenvalue weighted by Crippen LogP contribution is 2.28. The van der Waals surface area contributed by atoms with Crippen molar-refractivity contribution in [3.05, 3.63) is 17.3 Å². The lowest BCUT2D eigenvalue weighted by Gasteiger charge is -2.11. The fourth-order valence-electron chi connectivity index (χ4n) is 2.45. The van der Waals surface area contributed by atoms with Crippen molar-refractivity contribution in [2.24, 2.45) is 0 Å². The van der Waals surface area contributed by atoms with E-state index in [9.17, 15) is 0 Å². The van der Waals surface area contributed by atoms with Crippen LogP contribution in [0.15, 0.2) is 12.4 Å². The molecular weight excluding hydrogens is 286 g/mol. The van der Waals surface area contributed by atoms with Crippen molar-refractivity contribution in [2.45, 2.75) is 32.3 Å². The Morgan fingerprint density at radius 1 is 1.48 bits per heavy atom. The molecule has 0 aromatic carbocycles. The van der Waals surface area contributed by atoms with E-state index in [1.807, 2.05) is 0 Å². The van der Waals surface area contributed by atoms with E-state index in [-0.39, 0.29) is 0 Å². The minimum atomic E-state index is 0.291. The summed E-state index contributed by atoms with van der Waals surface area (Å²) in [4.78, 5) is 11.0. The maximum atomic E-state index is 5.65. The molecule has 3 rings (SSSR count). The van der Waals surface area contributed by atoms with Gasteiger partial charge in [-0.3, -0.25) is 0 Å². The summed E-state index contributed by atoms with van der Waals surface area (Å²) in [5.74, 6) is 0.900. The molecule has 1 N–H and O–H groups in total. The Bertz CT molecular complexity index is 581. The molecule has 21 heavy (non-hydrogen) atoms. The molecule has 1 fully saturated rings. The zero-order valence-corrected chi connectivity index (χ0v) is 13.1. The van der Waals surface area contributed by atoms with Crippen LogP contribution in [0, 0.1) is 0 Å². The number of aromatic nitrogens is 2. The number of anilines is 1. The summed E-state index contributed by atoms with van der Waals surface area (Å²) in [6.45, 7) is 5.14. The van der Waals surface area contributed by atoms with E-state index in [2.05, 4.69) is 28.3 Å². The predicted octanol–water partition coefficient (Wildman–Crippen LogP) is 2.86. The van der Waals surface area contributed by atoms with E-state index >= 15 is 0 Å². The minimum absolute atomic E-state index is 0.291. The third kappa shape index (κ3) is 3.70. The van der Waals surface area contributed by atoms with Crippen LogP contribution < -0.4 is 5.32 Å². The zero-order chi connectivity index (χ0) is 14.5. The molecule has 1 unspecified atom stereocenters. The van der Waals surface area contributed by atoms with Gasteiger partial charge in [-0.15, -0.1) is 11.3 Å². The third-order valence-electron chi connectivity index (χ3n) is 3.60. The van der Waals surface area contributed by atoms with Crippen LogP contribution in [0.1, 0.15) is 24.6 Å². The Labute approximate surface area is 128 Å². The summed E-state index contributed by atoms with van der Waals surface area (Å²) in [5, 5.41) is 4.45. The quantitative estimate of drug-likeness (QED) is 0.797. The van der Waals surface area contributed by atoms with Gasteiger partial charge in [0.05, 0.1) is 24.7 Å². The normalized spacial score (nSPS) is 18.4. The average Bonchev–Trinajstić information content (AvgIpc) is 3.15. The number of hydrogen-bond donors (Lipinski definition) is 1. The molecule has 1 aliphatic heterocycles. The van der Waals surface area contributed by atoms with Gasteiger partial charge in [0.15, 0.2) is 0 Å². The van der Waals surface area contributed by atoms with Gasteiger partial charge in [0.1, 0.15) is 17.0 Å². The first kappa shape index (κ1) is 14.7. The van der Waals surface area contributed by atoms with Crippen LogP contribution in [0.25, 0.3) is 10.2 Å². The molecule has 1 atom stereocenters. The third-order valence-corrected chi connectivity index (χ3v) is 4.78. The highest BCUT2D eigenvalue weighted by atomic mass is 32.1. The van der Waals surface area contributed by atoms with Gasteiger partial charge in [-0.05, 0) is 25.3 Å². The molecule has 0 radical (unpaired) electrons. The Hall–Kier alpha value is -1.24. The van der Waals surface area contributed by atoms with Gasteiger partial charge in [-0.2, -0.15) is 0 Å². The summed E-state index contributed by atoms with van der Waals surface area (Å²) < 4.78 is 11.2. The molecule has 0 saturated carbocycles. The smallest absolute Gasteiger partial charge is 0.138 e. The molecule has 0 spiro atoms. The van der Waals surface area contributed by atoms with E-state index in [1.165, 1.54) is 4.88 Å². The van der Waals surface area contributed by atoms with Crippen LogP contribution in [-0.2, 0) is 15.9 Å². The van der Waals surface area contributed by atoms with Crippen molar-refractivity contribution in [3.63, 3.8) is 0 Å². The van der Waals surface area contributed by atoms with Gasteiger partial charge in [-0.1, -0.05) is 6.92 Å². The average molecular weight is 307 g/mol. The fraction of sp³-hybridized carbons (Fsp3) is 0.600. The van der Waals surface area contributed by atoms with E-state index in [0.29, 0.717) is 19.3 Å². The van der Waals surface area contributed by atoms with Crippen molar-refractivity contribution in [2.75, 3.05) is 31.7 Å². The van der Waals surface area contributed by atoms with Crippen molar-refractivity contribution in [1.29, 1.82) is 0 Å². The second-order valence-electron chi connectivity index (χ2n) is 5.14. The van der Waals surface area contributed by atoms with Gasteiger partial charge in [0.2, 0.25) is 0 Å². The standard InChI is InChI=1S/C15H21N3O2S/c1-2-12-8-13-14(17-10-18-15(13)21-12)16-5-7-19-9-11-4-3-6-20-11/h8,10-11H,2-7,9H2,1H3,(H,16,17,18). The van der Waals surface area contributed by atoms with Crippen molar-refractivity contribution >= 4 is 27.4 Å². The zero-order valence-electron chi connectivity index (χ0n) is 12.3. The first-order valence-electron chi connectivity index (χ1n) is 7.53. The lowest BCUT2D eigenvalue weighted by Crippen LogP contribution is -2.18. The van der Waals surface area contributed by atoms with E-state index < -0.39 is 0 Å². The highest BCUT2D eigenvalue weighted by Gasteiger charge is 2.15. The highest BCUT2D eigenvalue weighted by molar-refractivity contribution is 7.18. The first-order chi connectivity index (χ1) is 10.4. The summed E-state index contributed by atoms with van der Waals surface area (Å²) in [7, 11) is 0. The first-order valence-corrected chi connectivity index (χ1v) is 8.35. The number of nitrogens with one attached hydrogen (secondary N) is 1. The van der Waals surface area contributed by atoms with Gasteiger partial charge in [0, 0.05) is 18.0 Å². The predicted molar refractivity (Wildman–Crippen MR) is 85.1 cm³/mol. The van der Waals surface area contributed by atoms with Gasteiger partial charge < -0.3 is 14.8 Å². The van der Waals surface area contributed by atoms with Crippen LogP contribution in [0.4, 0.5) is 5.82 Å². The largest absolute Gasteiger partial charge is 0.377 e. The molecule has 114 valence electrons. The van der Waals surface area contributed by atoms with E-state index in [0.717, 1.165) is 48.4 Å². The van der Waals surface area contributed by atoms with E-state index in [1.54, 1.807) is 17.7 Å². The van der Waals surface area contributed by atoms with Crippen LogP contribution in [0.3, 0.4) is 0 Å². The van der Waals surface area contributed by atoms with Crippen molar-refractivity contribution in [3.8, 4) is 0 Å². The van der Waals surface area contributed by atoms with Crippen LogP contribution in [0.5, 0.6) is 0 Å². The summed E-state index contributed by atoms with van der Waals surface area (Å²) in [6.07, 6.45) is 5.22.